The number of rotatable bonds is 2. The predicted octanol–water partition coefficient (Wildman–Crippen LogP) is 2.84. The quantitative estimate of drug-likeness (QED) is 0.901. The van der Waals surface area contributed by atoms with Crippen molar-refractivity contribution in [3.05, 3.63) is 35.9 Å². The maximum Gasteiger partial charge on any atom is 0.225 e. The molecule has 2 saturated heterocycles. The van der Waals surface area contributed by atoms with Crippen molar-refractivity contribution in [2.24, 2.45) is 11.3 Å². The minimum absolute atomic E-state index is 0.0360. The molecule has 2 spiro atoms. The molecule has 1 aromatic carbocycles. The van der Waals surface area contributed by atoms with Gasteiger partial charge >= 0.3 is 0 Å². The van der Waals surface area contributed by atoms with Gasteiger partial charge in [-0.3, -0.25) is 9.59 Å². The Labute approximate surface area is 149 Å². The molecule has 1 atom stereocenters. The first-order chi connectivity index (χ1) is 12.1. The van der Waals surface area contributed by atoms with E-state index in [1.807, 2.05) is 0 Å². The van der Waals surface area contributed by atoms with E-state index in [0.717, 1.165) is 32.4 Å². The first kappa shape index (κ1) is 15.4. The van der Waals surface area contributed by atoms with Crippen molar-refractivity contribution < 1.29 is 9.59 Å². The van der Waals surface area contributed by atoms with Crippen molar-refractivity contribution in [3.63, 3.8) is 0 Å². The Kier molecular flexibility index (Phi) is 3.28. The van der Waals surface area contributed by atoms with Crippen molar-refractivity contribution in [2.75, 3.05) is 13.1 Å². The first-order valence-electron chi connectivity index (χ1n) is 9.71. The van der Waals surface area contributed by atoms with Crippen molar-refractivity contribution in [1.82, 2.24) is 10.2 Å². The van der Waals surface area contributed by atoms with Crippen LogP contribution in [0.25, 0.3) is 0 Å². The Hall–Kier alpha value is -1.84. The van der Waals surface area contributed by atoms with E-state index in [1.54, 1.807) is 0 Å². The molecular weight excluding hydrogens is 312 g/mol. The minimum atomic E-state index is -0.0360. The van der Waals surface area contributed by atoms with Gasteiger partial charge in [0.2, 0.25) is 11.8 Å². The molecule has 0 unspecified atom stereocenters. The fraction of sp³-hybridized carbons (Fsp3) is 0.619. The Morgan fingerprint density at radius 2 is 1.84 bits per heavy atom. The van der Waals surface area contributed by atoms with Crippen molar-refractivity contribution in [1.29, 1.82) is 0 Å². The SMILES string of the molecule is O=C1CC[C@]2(C[C@H](C(=O)N3CC4(CC[C@H](c5ccccc5)C4)C3)C2)N1. The maximum absolute atomic E-state index is 12.7. The fourth-order valence-corrected chi connectivity index (χ4v) is 5.82. The van der Waals surface area contributed by atoms with Gasteiger partial charge in [-0.25, -0.2) is 0 Å². The third-order valence-electron chi connectivity index (χ3n) is 7.20. The smallest absolute Gasteiger partial charge is 0.225 e. The molecule has 0 bridgehead atoms. The molecule has 0 radical (unpaired) electrons. The van der Waals surface area contributed by atoms with Gasteiger partial charge in [0.15, 0.2) is 0 Å². The van der Waals surface area contributed by atoms with Crippen LogP contribution in [0, 0.1) is 11.3 Å². The van der Waals surface area contributed by atoms with Gasteiger partial charge < -0.3 is 10.2 Å². The summed E-state index contributed by atoms with van der Waals surface area (Å²) in [5.41, 5.74) is 1.80. The van der Waals surface area contributed by atoms with E-state index in [0.29, 0.717) is 23.7 Å². The normalized spacial score (nSPS) is 35.5. The van der Waals surface area contributed by atoms with Gasteiger partial charge in [-0.1, -0.05) is 30.3 Å². The Morgan fingerprint density at radius 3 is 2.52 bits per heavy atom. The highest BCUT2D eigenvalue weighted by Gasteiger charge is 2.55. The van der Waals surface area contributed by atoms with E-state index in [2.05, 4.69) is 40.5 Å². The number of nitrogens with zero attached hydrogens (tertiary/aromatic N) is 1. The molecule has 2 saturated carbocycles. The summed E-state index contributed by atoms with van der Waals surface area (Å²) in [6.07, 6.45) is 6.99. The number of carbonyl (C=O) groups excluding carboxylic acids is 2. The number of benzene rings is 1. The summed E-state index contributed by atoms with van der Waals surface area (Å²) in [5, 5.41) is 3.09. The van der Waals surface area contributed by atoms with Gasteiger partial charge in [0.05, 0.1) is 0 Å². The number of hydrogen-bond acceptors (Lipinski definition) is 2. The molecule has 0 aromatic heterocycles. The van der Waals surface area contributed by atoms with E-state index in [9.17, 15) is 9.59 Å². The maximum atomic E-state index is 12.7. The second-order valence-corrected chi connectivity index (χ2v) is 8.98. The van der Waals surface area contributed by atoms with Crippen LogP contribution in [0.4, 0.5) is 0 Å². The molecule has 5 rings (SSSR count). The van der Waals surface area contributed by atoms with Crippen LogP contribution in [0.2, 0.25) is 0 Å². The molecule has 2 amide bonds. The van der Waals surface area contributed by atoms with Crippen LogP contribution in [0.3, 0.4) is 0 Å². The third-order valence-corrected chi connectivity index (χ3v) is 7.20. The highest BCUT2D eigenvalue weighted by atomic mass is 16.2. The lowest BCUT2D eigenvalue weighted by atomic mass is 9.66. The topological polar surface area (TPSA) is 49.4 Å². The minimum Gasteiger partial charge on any atom is -0.351 e. The number of likely N-dealkylation sites (tertiary alicyclic amines) is 1. The van der Waals surface area contributed by atoms with Crippen LogP contribution < -0.4 is 5.32 Å². The van der Waals surface area contributed by atoms with Gasteiger partial charge in [-0.05, 0) is 50.0 Å². The number of nitrogens with one attached hydrogen (secondary N) is 1. The molecule has 2 heterocycles. The summed E-state index contributed by atoms with van der Waals surface area (Å²) in [5.74, 6) is 1.30. The second kappa shape index (κ2) is 5.33. The zero-order valence-corrected chi connectivity index (χ0v) is 14.7. The monoisotopic (exact) mass is 338 g/mol. The van der Waals surface area contributed by atoms with Crippen LogP contribution in [-0.4, -0.2) is 35.3 Å². The Bertz CT molecular complexity index is 702. The lowest BCUT2D eigenvalue weighted by Gasteiger charge is -2.53. The van der Waals surface area contributed by atoms with Crippen LogP contribution in [-0.2, 0) is 9.59 Å². The van der Waals surface area contributed by atoms with Crippen molar-refractivity contribution in [2.45, 2.75) is 56.4 Å². The second-order valence-electron chi connectivity index (χ2n) is 8.98. The number of carbonyl (C=O) groups is 2. The first-order valence-corrected chi connectivity index (χ1v) is 9.71. The summed E-state index contributed by atoms with van der Waals surface area (Å²) >= 11 is 0. The summed E-state index contributed by atoms with van der Waals surface area (Å²) in [6.45, 7) is 1.90. The molecule has 25 heavy (non-hydrogen) atoms. The average Bonchev–Trinajstić information content (AvgIpc) is 3.17. The summed E-state index contributed by atoms with van der Waals surface area (Å²) in [6, 6.07) is 10.8. The van der Waals surface area contributed by atoms with Gasteiger partial charge in [0.25, 0.3) is 0 Å². The molecule has 1 aromatic rings. The summed E-state index contributed by atoms with van der Waals surface area (Å²) < 4.78 is 0. The predicted molar refractivity (Wildman–Crippen MR) is 94.9 cm³/mol. The fourth-order valence-electron chi connectivity index (χ4n) is 5.82. The standard InChI is InChI=1S/C21H26N2O2/c24-18-7-9-21(22-18)11-17(12-21)19(25)23-13-20(14-23)8-6-16(10-20)15-4-2-1-3-5-15/h1-5,16-17H,6-14H2,(H,22,24)/t16-,17-,21+/m0/s1. The summed E-state index contributed by atoms with van der Waals surface area (Å²) in [4.78, 5) is 26.3. The molecule has 4 fully saturated rings. The Balaban J connectivity index is 1.15. The average molecular weight is 338 g/mol. The van der Waals surface area contributed by atoms with E-state index in [-0.39, 0.29) is 17.4 Å². The molecule has 1 N–H and O–H groups in total. The van der Waals surface area contributed by atoms with Crippen LogP contribution >= 0.6 is 0 Å². The lowest BCUT2D eigenvalue weighted by Crippen LogP contribution is -2.63. The van der Waals surface area contributed by atoms with Gasteiger partial charge in [0, 0.05) is 36.4 Å². The lowest BCUT2D eigenvalue weighted by molar-refractivity contribution is -0.153. The molecule has 132 valence electrons. The van der Waals surface area contributed by atoms with Crippen LogP contribution in [0.1, 0.15) is 56.4 Å². The van der Waals surface area contributed by atoms with E-state index >= 15 is 0 Å². The van der Waals surface area contributed by atoms with Crippen LogP contribution in [0.5, 0.6) is 0 Å². The molecule has 2 aliphatic carbocycles. The van der Waals surface area contributed by atoms with E-state index < -0.39 is 0 Å². The third kappa shape index (κ3) is 2.49. The molecule has 4 nitrogen and oxygen atoms in total. The molecule has 2 aliphatic heterocycles. The van der Waals surface area contributed by atoms with Crippen molar-refractivity contribution >= 4 is 11.8 Å². The largest absolute Gasteiger partial charge is 0.351 e. The van der Waals surface area contributed by atoms with E-state index in [4.69, 9.17) is 0 Å². The number of hydrogen-bond donors (Lipinski definition) is 1. The zero-order chi connectivity index (χ0) is 17.1. The molecule has 4 heteroatoms. The van der Waals surface area contributed by atoms with Crippen molar-refractivity contribution in [3.8, 4) is 0 Å². The van der Waals surface area contributed by atoms with Crippen LogP contribution in [0.15, 0.2) is 30.3 Å². The Morgan fingerprint density at radius 1 is 1.08 bits per heavy atom. The molecule has 4 aliphatic rings. The highest BCUT2D eigenvalue weighted by Crippen LogP contribution is 2.53. The highest BCUT2D eigenvalue weighted by molar-refractivity contribution is 5.84. The van der Waals surface area contributed by atoms with E-state index in [1.165, 1.54) is 24.8 Å². The molecular formula is C21H26N2O2. The summed E-state index contributed by atoms with van der Waals surface area (Å²) in [7, 11) is 0. The van der Waals surface area contributed by atoms with Gasteiger partial charge in [-0.15, -0.1) is 0 Å². The number of amides is 2. The van der Waals surface area contributed by atoms with Gasteiger partial charge in [-0.2, -0.15) is 0 Å². The zero-order valence-electron chi connectivity index (χ0n) is 14.7. The van der Waals surface area contributed by atoms with Gasteiger partial charge in [0.1, 0.15) is 0 Å².